The molecule has 1 aliphatic rings. The minimum atomic E-state index is -0.167. The highest BCUT2D eigenvalue weighted by atomic mass is 79.9. The van der Waals surface area contributed by atoms with Gasteiger partial charge in [0.1, 0.15) is 5.82 Å². The molecule has 1 aromatic rings. The van der Waals surface area contributed by atoms with Gasteiger partial charge in [0.05, 0.1) is 0 Å². The zero-order chi connectivity index (χ0) is 11.5. The van der Waals surface area contributed by atoms with Crippen molar-refractivity contribution in [1.82, 2.24) is 5.32 Å². The third-order valence-corrected chi connectivity index (χ3v) is 4.20. The Kier molecular flexibility index (Phi) is 3.98. The van der Waals surface area contributed by atoms with Crippen molar-refractivity contribution in [1.29, 1.82) is 0 Å². The Morgan fingerprint density at radius 2 is 2.25 bits per heavy atom. The van der Waals surface area contributed by atoms with E-state index in [4.69, 9.17) is 0 Å². The van der Waals surface area contributed by atoms with Crippen LogP contribution in [0.15, 0.2) is 22.7 Å². The van der Waals surface area contributed by atoms with Gasteiger partial charge in [-0.1, -0.05) is 29.3 Å². The molecule has 1 saturated carbocycles. The second kappa shape index (κ2) is 5.28. The number of hydrogen-bond donors (Lipinski definition) is 1. The predicted octanol–water partition coefficient (Wildman–Crippen LogP) is 3.87. The predicted molar refractivity (Wildman–Crippen MR) is 67.7 cm³/mol. The van der Waals surface area contributed by atoms with Gasteiger partial charge in [0.25, 0.3) is 0 Å². The summed E-state index contributed by atoms with van der Waals surface area (Å²) in [4.78, 5) is 0. The van der Waals surface area contributed by atoms with Crippen LogP contribution in [0.1, 0.15) is 31.7 Å². The highest BCUT2D eigenvalue weighted by molar-refractivity contribution is 9.10. The Morgan fingerprint density at radius 3 is 2.94 bits per heavy atom. The quantitative estimate of drug-likeness (QED) is 0.889. The average molecular weight is 286 g/mol. The van der Waals surface area contributed by atoms with Crippen LogP contribution in [0.2, 0.25) is 0 Å². The number of hydrogen-bond acceptors (Lipinski definition) is 1. The van der Waals surface area contributed by atoms with Crippen molar-refractivity contribution in [3.05, 3.63) is 34.1 Å². The summed E-state index contributed by atoms with van der Waals surface area (Å²) in [6, 6.07) is 5.43. The first kappa shape index (κ1) is 12.1. The molecular weight excluding hydrogens is 269 g/mol. The molecule has 2 unspecified atom stereocenters. The Labute approximate surface area is 105 Å². The smallest absolute Gasteiger partial charge is 0.123 e. The molecular formula is C13H17BrFN. The molecule has 1 aromatic carbocycles. The molecule has 1 nitrogen and oxygen atoms in total. The molecule has 0 heterocycles. The summed E-state index contributed by atoms with van der Waals surface area (Å²) < 4.78 is 14.1. The molecule has 2 rings (SSSR count). The fourth-order valence-corrected chi connectivity index (χ4v) is 2.76. The van der Waals surface area contributed by atoms with Crippen LogP contribution >= 0.6 is 15.9 Å². The summed E-state index contributed by atoms with van der Waals surface area (Å²) in [5.74, 6) is 0.576. The molecule has 0 saturated heterocycles. The maximum absolute atomic E-state index is 13.1. The number of rotatable bonds is 3. The molecule has 88 valence electrons. The molecule has 3 heteroatoms. The van der Waals surface area contributed by atoms with E-state index in [9.17, 15) is 4.39 Å². The summed E-state index contributed by atoms with van der Waals surface area (Å²) in [5.41, 5.74) is 0.999. The number of benzene rings is 1. The van der Waals surface area contributed by atoms with Crippen LogP contribution in [0, 0.1) is 11.7 Å². The molecule has 0 aromatic heterocycles. The van der Waals surface area contributed by atoms with E-state index >= 15 is 0 Å². The summed E-state index contributed by atoms with van der Waals surface area (Å²) in [5, 5.41) is 3.52. The van der Waals surface area contributed by atoms with E-state index in [0.717, 1.165) is 22.5 Å². The van der Waals surface area contributed by atoms with Gasteiger partial charge in [0.15, 0.2) is 0 Å². The topological polar surface area (TPSA) is 12.0 Å². The fraction of sp³-hybridized carbons (Fsp3) is 0.538. The van der Waals surface area contributed by atoms with Crippen LogP contribution in [0.25, 0.3) is 0 Å². The van der Waals surface area contributed by atoms with Crippen molar-refractivity contribution in [2.24, 2.45) is 5.92 Å². The standard InChI is InChI=1S/C13H17BrFN/c1-9-3-2-4-13(9)16-8-10-7-11(15)5-6-12(10)14/h5-7,9,13,16H,2-4,8H2,1H3. The van der Waals surface area contributed by atoms with Crippen molar-refractivity contribution in [2.45, 2.75) is 38.8 Å². The number of nitrogens with one attached hydrogen (secondary N) is 1. The van der Waals surface area contributed by atoms with Crippen molar-refractivity contribution < 1.29 is 4.39 Å². The first-order valence-electron chi connectivity index (χ1n) is 5.84. The summed E-state index contributed by atoms with van der Waals surface area (Å²) in [6.45, 7) is 3.03. The lowest BCUT2D eigenvalue weighted by atomic mass is 10.1. The molecule has 2 atom stereocenters. The Morgan fingerprint density at radius 1 is 1.44 bits per heavy atom. The molecule has 1 aliphatic carbocycles. The molecule has 1 fully saturated rings. The van der Waals surface area contributed by atoms with Gasteiger partial charge in [0.2, 0.25) is 0 Å². The van der Waals surface area contributed by atoms with Crippen LogP contribution in [-0.2, 0) is 6.54 Å². The lowest BCUT2D eigenvalue weighted by Crippen LogP contribution is -2.30. The molecule has 16 heavy (non-hydrogen) atoms. The Bertz CT molecular complexity index is 367. The minimum absolute atomic E-state index is 0.167. The highest BCUT2D eigenvalue weighted by Gasteiger charge is 2.22. The fourth-order valence-electron chi connectivity index (χ4n) is 2.37. The van der Waals surface area contributed by atoms with Gasteiger partial charge < -0.3 is 5.32 Å². The normalized spacial score (nSPS) is 24.9. The molecule has 0 bridgehead atoms. The monoisotopic (exact) mass is 285 g/mol. The SMILES string of the molecule is CC1CCCC1NCc1cc(F)ccc1Br. The van der Waals surface area contributed by atoms with Crippen LogP contribution in [0.5, 0.6) is 0 Å². The van der Waals surface area contributed by atoms with E-state index in [-0.39, 0.29) is 5.82 Å². The zero-order valence-electron chi connectivity index (χ0n) is 9.47. The van der Waals surface area contributed by atoms with Gasteiger partial charge >= 0.3 is 0 Å². The maximum atomic E-state index is 13.1. The minimum Gasteiger partial charge on any atom is -0.310 e. The summed E-state index contributed by atoms with van der Waals surface area (Å²) in [6.07, 6.45) is 3.86. The van der Waals surface area contributed by atoms with Crippen molar-refractivity contribution >= 4 is 15.9 Å². The first-order valence-corrected chi connectivity index (χ1v) is 6.63. The van der Waals surface area contributed by atoms with E-state index in [1.807, 2.05) is 0 Å². The number of halogens is 2. The van der Waals surface area contributed by atoms with Crippen LogP contribution in [0.3, 0.4) is 0 Å². The van der Waals surface area contributed by atoms with Gasteiger partial charge in [-0.25, -0.2) is 4.39 Å². The molecule has 1 N–H and O–H groups in total. The van der Waals surface area contributed by atoms with Crippen LogP contribution in [-0.4, -0.2) is 6.04 Å². The maximum Gasteiger partial charge on any atom is 0.123 e. The lowest BCUT2D eigenvalue weighted by Gasteiger charge is -2.17. The molecule has 0 amide bonds. The van der Waals surface area contributed by atoms with E-state index < -0.39 is 0 Å². The molecule has 0 aliphatic heterocycles. The van der Waals surface area contributed by atoms with Gasteiger partial charge in [-0.15, -0.1) is 0 Å². The van der Waals surface area contributed by atoms with Gasteiger partial charge in [-0.05, 0) is 42.5 Å². The van der Waals surface area contributed by atoms with Crippen LogP contribution < -0.4 is 5.32 Å². The van der Waals surface area contributed by atoms with Gasteiger partial charge in [-0.2, -0.15) is 0 Å². The highest BCUT2D eigenvalue weighted by Crippen LogP contribution is 2.25. The lowest BCUT2D eigenvalue weighted by molar-refractivity contribution is 0.425. The molecule has 0 spiro atoms. The second-order valence-corrected chi connectivity index (χ2v) is 5.49. The Balaban J connectivity index is 1.96. The van der Waals surface area contributed by atoms with Gasteiger partial charge in [-0.3, -0.25) is 0 Å². The van der Waals surface area contributed by atoms with E-state index in [2.05, 4.69) is 28.2 Å². The third kappa shape index (κ3) is 2.83. The molecule has 0 radical (unpaired) electrons. The summed E-state index contributed by atoms with van der Waals surface area (Å²) >= 11 is 3.45. The Hall–Kier alpha value is -0.410. The van der Waals surface area contributed by atoms with Crippen molar-refractivity contribution in [2.75, 3.05) is 0 Å². The van der Waals surface area contributed by atoms with E-state index in [1.54, 1.807) is 12.1 Å². The van der Waals surface area contributed by atoms with Crippen LogP contribution in [0.4, 0.5) is 4.39 Å². The van der Waals surface area contributed by atoms with Crippen molar-refractivity contribution in [3.63, 3.8) is 0 Å². The van der Waals surface area contributed by atoms with Crippen molar-refractivity contribution in [3.8, 4) is 0 Å². The van der Waals surface area contributed by atoms with Gasteiger partial charge in [0, 0.05) is 17.1 Å². The second-order valence-electron chi connectivity index (χ2n) is 4.63. The zero-order valence-corrected chi connectivity index (χ0v) is 11.1. The average Bonchev–Trinajstić information content (AvgIpc) is 2.66. The summed E-state index contributed by atoms with van der Waals surface area (Å²) in [7, 11) is 0. The van der Waals surface area contributed by atoms with E-state index in [0.29, 0.717) is 6.04 Å². The van der Waals surface area contributed by atoms with E-state index in [1.165, 1.54) is 25.3 Å². The third-order valence-electron chi connectivity index (χ3n) is 3.42. The first-order chi connectivity index (χ1) is 7.66. The largest absolute Gasteiger partial charge is 0.310 e.